The fourth-order valence-electron chi connectivity index (χ4n) is 1.13. The Morgan fingerprint density at radius 1 is 1.33 bits per heavy atom. The Morgan fingerprint density at radius 2 is 2.00 bits per heavy atom. The summed E-state index contributed by atoms with van der Waals surface area (Å²) in [4.78, 5) is 22.2. The van der Waals surface area contributed by atoms with Crippen LogP contribution in [0.5, 0.6) is 0 Å². The third-order valence-electron chi connectivity index (χ3n) is 2.89. The summed E-state index contributed by atoms with van der Waals surface area (Å²) in [6, 6.07) is 0. The van der Waals surface area contributed by atoms with Gasteiger partial charge in [0.1, 0.15) is 13.2 Å². The molecule has 5 nitrogen and oxygen atoms in total. The lowest BCUT2D eigenvalue weighted by atomic mass is 9.91. The normalized spacial score (nSPS) is 12.8. The monoisotopic (exact) mass is 300 g/mol. The third kappa shape index (κ3) is 9.39. The SMILES string of the molecule is C=CCOCC(COC(=O)C(C)(C)CC)OOCC(=C)C. The average Bonchev–Trinajstić information content (AvgIpc) is 2.43. The Hall–Kier alpha value is -1.17. The van der Waals surface area contributed by atoms with E-state index in [0.29, 0.717) is 13.0 Å². The molecule has 0 heterocycles. The largest absolute Gasteiger partial charge is 0.462 e. The lowest BCUT2D eigenvalue weighted by Crippen LogP contribution is -2.32. The standard InChI is InChI=1S/C16H28O5/c1-7-9-18-11-14(21-20-10-13(3)4)12-19-15(17)16(5,6)8-2/h7,14H,1,3,8-12H2,2,4-6H3. The molecule has 1 atom stereocenters. The van der Waals surface area contributed by atoms with Crippen LogP contribution in [-0.4, -0.2) is 38.5 Å². The molecule has 0 saturated carbocycles. The second kappa shape index (κ2) is 10.5. The van der Waals surface area contributed by atoms with Crippen molar-refractivity contribution >= 4 is 5.97 Å². The van der Waals surface area contributed by atoms with E-state index >= 15 is 0 Å². The minimum absolute atomic E-state index is 0.0790. The minimum Gasteiger partial charge on any atom is -0.462 e. The summed E-state index contributed by atoms with van der Waals surface area (Å²) in [7, 11) is 0. The van der Waals surface area contributed by atoms with Crippen LogP contribution < -0.4 is 0 Å². The summed E-state index contributed by atoms with van der Waals surface area (Å²) >= 11 is 0. The van der Waals surface area contributed by atoms with Gasteiger partial charge in [-0.05, 0) is 27.2 Å². The van der Waals surface area contributed by atoms with E-state index in [1.54, 1.807) is 6.08 Å². The van der Waals surface area contributed by atoms with Crippen molar-refractivity contribution in [1.82, 2.24) is 0 Å². The first-order valence-corrected chi connectivity index (χ1v) is 7.12. The second-order valence-corrected chi connectivity index (χ2v) is 5.60. The van der Waals surface area contributed by atoms with Crippen LogP contribution in [0, 0.1) is 5.41 Å². The Bertz CT molecular complexity index is 336. The molecule has 0 aliphatic rings. The molecule has 0 aromatic rings. The highest BCUT2D eigenvalue weighted by molar-refractivity contribution is 5.75. The van der Waals surface area contributed by atoms with Crippen LogP contribution in [0.15, 0.2) is 24.8 Å². The summed E-state index contributed by atoms with van der Waals surface area (Å²) in [6.07, 6.45) is 1.86. The summed E-state index contributed by atoms with van der Waals surface area (Å²) < 4.78 is 10.6. The minimum atomic E-state index is -0.509. The van der Waals surface area contributed by atoms with Crippen LogP contribution in [0.3, 0.4) is 0 Å². The maximum Gasteiger partial charge on any atom is 0.311 e. The Balaban J connectivity index is 4.27. The molecule has 0 N–H and O–H groups in total. The first-order chi connectivity index (χ1) is 9.83. The molecule has 122 valence electrons. The Labute approximate surface area is 127 Å². The predicted molar refractivity (Wildman–Crippen MR) is 81.7 cm³/mol. The number of rotatable bonds is 12. The van der Waals surface area contributed by atoms with Gasteiger partial charge in [-0.15, -0.1) is 6.58 Å². The zero-order chi connectivity index (χ0) is 16.3. The maximum absolute atomic E-state index is 11.9. The fraction of sp³-hybridized carbons (Fsp3) is 0.688. The van der Waals surface area contributed by atoms with E-state index in [9.17, 15) is 4.79 Å². The van der Waals surface area contributed by atoms with Gasteiger partial charge in [0.15, 0.2) is 6.10 Å². The van der Waals surface area contributed by atoms with Gasteiger partial charge in [-0.3, -0.25) is 4.79 Å². The molecule has 0 amide bonds. The van der Waals surface area contributed by atoms with Crippen molar-refractivity contribution < 1.29 is 24.0 Å². The molecule has 1 unspecified atom stereocenters. The molecule has 0 aliphatic carbocycles. The van der Waals surface area contributed by atoms with E-state index in [1.807, 2.05) is 27.7 Å². The van der Waals surface area contributed by atoms with Crippen molar-refractivity contribution in [2.45, 2.75) is 40.2 Å². The number of carbonyl (C=O) groups excluding carboxylic acids is 1. The van der Waals surface area contributed by atoms with E-state index < -0.39 is 11.5 Å². The quantitative estimate of drug-likeness (QED) is 0.182. The molecule has 0 aliphatic heterocycles. The number of esters is 1. The van der Waals surface area contributed by atoms with Crippen LogP contribution in [0.25, 0.3) is 0 Å². The third-order valence-corrected chi connectivity index (χ3v) is 2.89. The van der Waals surface area contributed by atoms with Crippen LogP contribution in [0.4, 0.5) is 0 Å². The molecule has 0 aromatic carbocycles. The van der Waals surface area contributed by atoms with Crippen LogP contribution in [0.2, 0.25) is 0 Å². The molecule has 0 fully saturated rings. The first kappa shape index (κ1) is 19.8. The number of carbonyl (C=O) groups is 1. The van der Waals surface area contributed by atoms with Crippen molar-refractivity contribution in [1.29, 1.82) is 0 Å². The van der Waals surface area contributed by atoms with Crippen molar-refractivity contribution in [2.24, 2.45) is 5.41 Å². The molecule has 0 rings (SSSR count). The number of hydrogen-bond donors (Lipinski definition) is 0. The summed E-state index contributed by atoms with van der Waals surface area (Å²) in [5.41, 5.74) is 0.329. The highest BCUT2D eigenvalue weighted by Gasteiger charge is 2.28. The van der Waals surface area contributed by atoms with Crippen LogP contribution in [0.1, 0.15) is 34.1 Å². The molecule has 0 saturated heterocycles. The Morgan fingerprint density at radius 3 is 2.52 bits per heavy atom. The van der Waals surface area contributed by atoms with Gasteiger partial charge in [0, 0.05) is 0 Å². The first-order valence-electron chi connectivity index (χ1n) is 7.12. The molecule has 21 heavy (non-hydrogen) atoms. The lowest BCUT2D eigenvalue weighted by Gasteiger charge is -2.22. The lowest BCUT2D eigenvalue weighted by molar-refractivity contribution is -0.329. The van der Waals surface area contributed by atoms with Gasteiger partial charge in [0.25, 0.3) is 0 Å². The van der Waals surface area contributed by atoms with E-state index in [2.05, 4.69) is 13.2 Å². The highest BCUT2D eigenvalue weighted by atomic mass is 17.2. The van der Waals surface area contributed by atoms with E-state index in [1.165, 1.54) is 0 Å². The fourth-order valence-corrected chi connectivity index (χ4v) is 1.13. The van der Waals surface area contributed by atoms with Gasteiger partial charge < -0.3 is 9.47 Å². The molecule has 5 heteroatoms. The number of hydrogen-bond acceptors (Lipinski definition) is 5. The topological polar surface area (TPSA) is 54.0 Å². The van der Waals surface area contributed by atoms with E-state index in [0.717, 1.165) is 5.57 Å². The van der Waals surface area contributed by atoms with Crippen LogP contribution >= 0.6 is 0 Å². The van der Waals surface area contributed by atoms with Gasteiger partial charge in [0.2, 0.25) is 0 Å². The number of ether oxygens (including phenoxy) is 2. The highest BCUT2D eigenvalue weighted by Crippen LogP contribution is 2.21. The predicted octanol–water partition coefficient (Wildman–Crippen LogP) is 3.06. The van der Waals surface area contributed by atoms with Crippen molar-refractivity contribution in [2.75, 3.05) is 26.4 Å². The molecular weight excluding hydrogens is 272 g/mol. The van der Waals surface area contributed by atoms with Crippen LogP contribution in [-0.2, 0) is 24.0 Å². The van der Waals surface area contributed by atoms with Crippen molar-refractivity contribution in [3.63, 3.8) is 0 Å². The molecular formula is C16H28O5. The smallest absolute Gasteiger partial charge is 0.311 e. The Kier molecular flexibility index (Phi) is 9.95. The van der Waals surface area contributed by atoms with E-state index in [-0.39, 0.29) is 25.8 Å². The summed E-state index contributed by atoms with van der Waals surface area (Å²) in [6.45, 7) is 15.8. The zero-order valence-electron chi connectivity index (χ0n) is 13.6. The second-order valence-electron chi connectivity index (χ2n) is 5.60. The van der Waals surface area contributed by atoms with E-state index in [4.69, 9.17) is 19.2 Å². The van der Waals surface area contributed by atoms with Crippen molar-refractivity contribution in [3.8, 4) is 0 Å². The zero-order valence-corrected chi connectivity index (χ0v) is 13.6. The van der Waals surface area contributed by atoms with Gasteiger partial charge >= 0.3 is 5.97 Å². The summed E-state index contributed by atoms with van der Waals surface area (Å²) in [5.74, 6) is -0.262. The van der Waals surface area contributed by atoms with Gasteiger partial charge in [-0.25, -0.2) is 9.78 Å². The summed E-state index contributed by atoms with van der Waals surface area (Å²) in [5, 5.41) is 0. The molecule has 0 spiro atoms. The molecule has 0 aromatic heterocycles. The van der Waals surface area contributed by atoms with Gasteiger partial charge in [0.05, 0.1) is 18.6 Å². The molecule has 0 radical (unpaired) electrons. The van der Waals surface area contributed by atoms with Gasteiger partial charge in [-0.1, -0.05) is 25.2 Å². The molecule has 0 bridgehead atoms. The maximum atomic E-state index is 11.9. The van der Waals surface area contributed by atoms with Crippen molar-refractivity contribution in [3.05, 3.63) is 24.8 Å². The van der Waals surface area contributed by atoms with Gasteiger partial charge in [-0.2, -0.15) is 0 Å². The average molecular weight is 300 g/mol.